The molecule has 0 fully saturated rings. The van der Waals surface area contributed by atoms with E-state index in [4.69, 9.17) is 0 Å². The molecule has 0 heterocycles. The van der Waals surface area contributed by atoms with Gasteiger partial charge in [0, 0.05) is 10.8 Å². The molecule has 4 aromatic rings. The minimum atomic E-state index is -0.141. The fourth-order valence-electron chi connectivity index (χ4n) is 2.71. The number of benzene rings is 4. The summed E-state index contributed by atoms with van der Waals surface area (Å²) in [6, 6.07) is 20.6. The van der Waals surface area contributed by atoms with Crippen molar-refractivity contribution in [1.29, 1.82) is 0 Å². The summed E-state index contributed by atoms with van der Waals surface area (Å²) in [5.41, 5.74) is 0. The second-order valence-corrected chi connectivity index (χ2v) is 4.93. The van der Waals surface area contributed by atoms with Gasteiger partial charge in [0.05, 0.1) is 0 Å². The average Bonchev–Trinajstić information content (AvgIpc) is 2.48. The van der Waals surface area contributed by atoms with E-state index in [0.717, 1.165) is 21.5 Å². The second-order valence-electron chi connectivity index (χ2n) is 4.93. The molecule has 0 atom stereocenters. The molecule has 0 amide bonds. The lowest BCUT2D eigenvalue weighted by atomic mass is 9.98. The van der Waals surface area contributed by atoms with Gasteiger partial charge in [-0.2, -0.15) is 0 Å². The third-order valence-electron chi connectivity index (χ3n) is 3.74. The van der Waals surface area contributed by atoms with Gasteiger partial charge in [0.2, 0.25) is 0 Å². The third kappa shape index (κ3) is 1.45. The van der Waals surface area contributed by atoms with Crippen molar-refractivity contribution in [2.24, 2.45) is 0 Å². The standard InChI is InChI=1S/C18H11O2/c19-17-8-7-14-15(18(17)20)6-5-13-9-11-3-1-2-4-12(11)10-16(13)14/h1-6,8-10,19-20H. The Kier molecular flexibility index (Phi) is 2.15. The van der Waals surface area contributed by atoms with Crippen molar-refractivity contribution in [3.8, 4) is 11.5 Å². The van der Waals surface area contributed by atoms with Crippen LogP contribution in [-0.4, -0.2) is 10.2 Å². The Bertz CT molecular complexity index is 971. The van der Waals surface area contributed by atoms with Crippen molar-refractivity contribution >= 4 is 32.3 Å². The second kappa shape index (κ2) is 3.87. The Morgan fingerprint density at radius 2 is 1.50 bits per heavy atom. The number of phenols is 2. The molecule has 0 spiro atoms. The van der Waals surface area contributed by atoms with Crippen LogP contribution < -0.4 is 0 Å². The molecule has 2 N–H and O–H groups in total. The minimum Gasteiger partial charge on any atom is -0.504 e. The van der Waals surface area contributed by atoms with E-state index in [1.807, 2.05) is 24.3 Å². The van der Waals surface area contributed by atoms with Gasteiger partial charge in [-0.3, -0.25) is 0 Å². The van der Waals surface area contributed by atoms with Crippen molar-refractivity contribution < 1.29 is 10.2 Å². The van der Waals surface area contributed by atoms with E-state index >= 15 is 0 Å². The largest absolute Gasteiger partial charge is 0.504 e. The molecule has 0 unspecified atom stereocenters. The van der Waals surface area contributed by atoms with Crippen LogP contribution in [-0.2, 0) is 0 Å². The molecule has 0 saturated heterocycles. The van der Waals surface area contributed by atoms with Crippen molar-refractivity contribution in [2.45, 2.75) is 0 Å². The maximum Gasteiger partial charge on any atom is 0.165 e. The van der Waals surface area contributed by atoms with E-state index < -0.39 is 0 Å². The highest BCUT2D eigenvalue weighted by Gasteiger charge is 2.09. The summed E-state index contributed by atoms with van der Waals surface area (Å²) in [5, 5.41) is 25.4. The Balaban J connectivity index is 2.24. The van der Waals surface area contributed by atoms with Crippen LogP contribution in [0, 0.1) is 6.07 Å². The summed E-state index contributed by atoms with van der Waals surface area (Å²) < 4.78 is 0. The first-order chi connectivity index (χ1) is 9.74. The Labute approximate surface area is 115 Å². The van der Waals surface area contributed by atoms with Crippen molar-refractivity contribution in [3.05, 3.63) is 60.7 Å². The lowest BCUT2D eigenvalue weighted by molar-refractivity contribution is 0.408. The van der Waals surface area contributed by atoms with Crippen LogP contribution in [0.3, 0.4) is 0 Å². The summed E-state index contributed by atoms with van der Waals surface area (Å²) in [4.78, 5) is 0. The van der Waals surface area contributed by atoms with Crippen molar-refractivity contribution in [2.75, 3.05) is 0 Å². The average molecular weight is 259 g/mol. The highest BCUT2D eigenvalue weighted by Crippen LogP contribution is 2.37. The smallest absolute Gasteiger partial charge is 0.165 e. The molecule has 0 aromatic heterocycles. The van der Waals surface area contributed by atoms with E-state index in [0.29, 0.717) is 5.39 Å². The van der Waals surface area contributed by atoms with Gasteiger partial charge in [-0.05, 0) is 51.9 Å². The molecule has 0 aliphatic rings. The van der Waals surface area contributed by atoms with Crippen molar-refractivity contribution in [3.63, 3.8) is 0 Å². The van der Waals surface area contributed by atoms with Gasteiger partial charge in [-0.25, -0.2) is 0 Å². The zero-order chi connectivity index (χ0) is 13.7. The molecule has 2 heteroatoms. The highest BCUT2D eigenvalue weighted by molar-refractivity contribution is 6.13. The highest BCUT2D eigenvalue weighted by atomic mass is 16.3. The number of fused-ring (bicyclic) bond motifs is 4. The SMILES string of the molecule is Oc1c[c]c2c(ccc3cc4ccccc4cc32)c1O. The molecule has 4 rings (SSSR count). The first-order valence-electron chi connectivity index (χ1n) is 6.42. The van der Waals surface area contributed by atoms with Gasteiger partial charge in [0.25, 0.3) is 0 Å². The lowest BCUT2D eigenvalue weighted by Gasteiger charge is -2.08. The zero-order valence-corrected chi connectivity index (χ0v) is 10.6. The molecule has 95 valence electrons. The topological polar surface area (TPSA) is 40.5 Å². The molecule has 4 aromatic carbocycles. The fourth-order valence-corrected chi connectivity index (χ4v) is 2.71. The molecular weight excluding hydrogens is 248 g/mol. The molecular formula is C18H11O2. The van der Waals surface area contributed by atoms with Gasteiger partial charge in [-0.1, -0.05) is 30.3 Å². The Morgan fingerprint density at radius 3 is 2.30 bits per heavy atom. The van der Waals surface area contributed by atoms with E-state index in [1.165, 1.54) is 11.5 Å². The predicted molar refractivity (Wildman–Crippen MR) is 81.1 cm³/mol. The molecule has 0 aliphatic heterocycles. The van der Waals surface area contributed by atoms with Crippen LogP contribution in [0.2, 0.25) is 0 Å². The number of phenolic OH excluding ortho intramolecular Hbond substituents is 2. The van der Waals surface area contributed by atoms with Crippen molar-refractivity contribution in [1.82, 2.24) is 0 Å². The van der Waals surface area contributed by atoms with Crippen LogP contribution in [0.4, 0.5) is 0 Å². The number of aromatic hydroxyl groups is 2. The first-order valence-corrected chi connectivity index (χ1v) is 6.42. The minimum absolute atomic E-state index is 0.0891. The summed E-state index contributed by atoms with van der Waals surface area (Å²) >= 11 is 0. The first kappa shape index (κ1) is 11.1. The predicted octanol–water partition coefficient (Wildman–Crippen LogP) is 4.36. The quantitative estimate of drug-likeness (QED) is 0.280. The van der Waals surface area contributed by atoms with E-state index in [9.17, 15) is 10.2 Å². The number of hydrogen-bond donors (Lipinski definition) is 2. The van der Waals surface area contributed by atoms with Crippen LogP contribution in [0.1, 0.15) is 0 Å². The van der Waals surface area contributed by atoms with Gasteiger partial charge in [-0.15, -0.1) is 0 Å². The number of rotatable bonds is 0. The molecule has 0 saturated carbocycles. The van der Waals surface area contributed by atoms with Gasteiger partial charge < -0.3 is 10.2 Å². The zero-order valence-electron chi connectivity index (χ0n) is 10.6. The van der Waals surface area contributed by atoms with E-state index in [1.54, 1.807) is 0 Å². The summed E-state index contributed by atoms with van der Waals surface area (Å²) in [7, 11) is 0. The van der Waals surface area contributed by atoms with E-state index in [2.05, 4.69) is 30.3 Å². The Morgan fingerprint density at radius 1 is 0.750 bits per heavy atom. The molecule has 0 aliphatic carbocycles. The molecule has 2 nitrogen and oxygen atoms in total. The van der Waals surface area contributed by atoms with E-state index in [-0.39, 0.29) is 11.5 Å². The van der Waals surface area contributed by atoms with Crippen LogP contribution >= 0.6 is 0 Å². The lowest BCUT2D eigenvalue weighted by Crippen LogP contribution is -1.81. The fraction of sp³-hybridized carbons (Fsp3) is 0. The van der Waals surface area contributed by atoms with Gasteiger partial charge in [0.1, 0.15) is 0 Å². The van der Waals surface area contributed by atoms with Gasteiger partial charge >= 0.3 is 0 Å². The number of hydrogen-bond acceptors (Lipinski definition) is 2. The van der Waals surface area contributed by atoms with Crippen LogP contribution in [0.15, 0.2) is 54.6 Å². The summed E-state index contributed by atoms with van der Waals surface area (Å²) in [6.07, 6.45) is 0. The van der Waals surface area contributed by atoms with Crippen LogP contribution in [0.25, 0.3) is 32.3 Å². The normalized spacial score (nSPS) is 11.4. The molecule has 0 bridgehead atoms. The van der Waals surface area contributed by atoms with Gasteiger partial charge in [0.15, 0.2) is 11.5 Å². The summed E-state index contributed by atoms with van der Waals surface area (Å²) in [5.74, 6) is -0.230. The molecule has 20 heavy (non-hydrogen) atoms. The monoisotopic (exact) mass is 259 g/mol. The maximum absolute atomic E-state index is 9.96. The Hall–Kier alpha value is -2.74. The van der Waals surface area contributed by atoms with Crippen LogP contribution in [0.5, 0.6) is 11.5 Å². The summed E-state index contributed by atoms with van der Waals surface area (Å²) in [6.45, 7) is 0. The molecule has 1 radical (unpaired) electrons. The third-order valence-corrected chi connectivity index (χ3v) is 3.74. The maximum atomic E-state index is 9.96.